The van der Waals surface area contributed by atoms with Crippen molar-refractivity contribution in [3.63, 3.8) is 0 Å². The van der Waals surface area contributed by atoms with Gasteiger partial charge in [0.25, 0.3) is 0 Å². The van der Waals surface area contributed by atoms with E-state index >= 15 is 0 Å². The maximum absolute atomic E-state index is 11.7. The van der Waals surface area contributed by atoms with E-state index in [4.69, 9.17) is 16.3 Å². The van der Waals surface area contributed by atoms with Crippen molar-refractivity contribution in [1.82, 2.24) is 4.98 Å². The molecular formula is C14H12ClNO2. The van der Waals surface area contributed by atoms with Gasteiger partial charge in [-0.25, -0.2) is 4.79 Å². The summed E-state index contributed by atoms with van der Waals surface area (Å²) in [7, 11) is 1.37. The molecule has 0 aliphatic rings. The summed E-state index contributed by atoms with van der Waals surface area (Å²) in [5, 5.41) is 0.838. The van der Waals surface area contributed by atoms with Gasteiger partial charge in [-0.15, -0.1) is 11.6 Å². The second-order valence-corrected chi connectivity index (χ2v) is 4.07. The summed E-state index contributed by atoms with van der Waals surface area (Å²) in [4.78, 5) is 14.8. The molecule has 0 saturated carbocycles. The molecule has 0 fully saturated rings. The van der Waals surface area contributed by atoms with E-state index in [1.807, 2.05) is 12.1 Å². The Hall–Kier alpha value is -1.92. The Labute approximate surface area is 110 Å². The molecule has 4 heteroatoms. The first-order valence-corrected chi connectivity index (χ1v) is 6.04. The third-order valence-corrected chi connectivity index (χ3v) is 2.72. The predicted molar refractivity (Wildman–Crippen MR) is 71.9 cm³/mol. The predicted octanol–water partition coefficient (Wildman–Crippen LogP) is 2.93. The van der Waals surface area contributed by atoms with Crippen molar-refractivity contribution < 1.29 is 9.53 Å². The van der Waals surface area contributed by atoms with Gasteiger partial charge in [0.05, 0.1) is 12.7 Å². The zero-order valence-corrected chi connectivity index (χ0v) is 10.7. The van der Waals surface area contributed by atoms with Gasteiger partial charge in [-0.3, -0.25) is 0 Å². The minimum atomic E-state index is -0.361. The van der Waals surface area contributed by atoms with Gasteiger partial charge in [0, 0.05) is 35.0 Å². The zero-order chi connectivity index (χ0) is 13.0. The molecule has 92 valence electrons. The molecule has 1 aromatic heterocycles. The quantitative estimate of drug-likeness (QED) is 0.513. The van der Waals surface area contributed by atoms with Crippen LogP contribution in [0.4, 0.5) is 0 Å². The van der Waals surface area contributed by atoms with Gasteiger partial charge >= 0.3 is 5.97 Å². The third kappa shape index (κ3) is 2.49. The first kappa shape index (κ1) is 12.5. The molecule has 3 nitrogen and oxygen atoms in total. The number of alkyl halides is 1. The molecule has 0 unspecified atom stereocenters. The molecule has 0 spiro atoms. The van der Waals surface area contributed by atoms with Crippen LogP contribution in [0.25, 0.3) is 10.9 Å². The third-order valence-electron chi connectivity index (χ3n) is 2.53. The molecule has 0 saturated heterocycles. The largest absolute Gasteiger partial charge is 0.465 e. The van der Waals surface area contributed by atoms with Crippen LogP contribution in [0.2, 0.25) is 0 Å². The van der Waals surface area contributed by atoms with Crippen molar-refractivity contribution in [1.29, 1.82) is 0 Å². The second-order valence-electron chi connectivity index (χ2n) is 3.70. The molecule has 0 aliphatic carbocycles. The minimum Gasteiger partial charge on any atom is -0.465 e. The normalized spacial score (nSPS) is 9.89. The number of methoxy groups -OCH3 is 1. The number of esters is 1. The van der Waals surface area contributed by atoms with Crippen LogP contribution in [0.5, 0.6) is 0 Å². The molecule has 0 bridgehead atoms. The highest BCUT2D eigenvalue weighted by Crippen LogP contribution is 2.20. The van der Waals surface area contributed by atoms with Crippen molar-refractivity contribution >= 4 is 28.5 Å². The van der Waals surface area contributed by atoms with Crippen LogP contribution in [-0.2, 0) is 4.74 Å². The van der Waals surface area contributed by atoms with Crippen molar-refractivity contribution in [2.75, 3.05) is 13.0 Å². The van der Waals surface area contributed by atoms with Gasteiger partial charge in [0.15, 0.2) is 0 Å². The highest BCUT2D eigenvalue weighted by Gasteiger charge is 2.12. The maximum atomic E-state index is 11.7. The van der Waals surface area contributed by atoms with Gasteiger partial charge in [-0.2, -0.15) is 0 Å². The van der Waals surface area contributed by atoms with E-state index in [1.54, 1.807) is 12.3 Å². The van der Waals surface area contributed by atoms with Gasteiger partial charge in [-0.05, 0) is 18.2 Å². The molecule has 0 radical (unpaired) electrons. The Morgan fingerprint density at radius 3 is 3.06 bits per heavy atom. The van der Waals surface area contributed by atoms with Crippen LogP contribution < -0.4 is 0 Å². The zero-order valence-electron chi connectivity index (χ0n) is 9.92. The summed E-state index contributed by atoms with van der Waals surface area (Å²) in [6.07, 6.45) is 2.41. The SMILES string of the molecule is COC(=O)c1cc(C#CCCCl)cc2[nH]ccc12. The number of fused-ring (bicyclic) bond motifs is 1. The topological polar surface area (TPSA) is 42.1 Å². The number of rotatable bonds is 2. The van der Waals surface area contributed by atoms with Crippen LogP contribution in [0.15, 0.2) is 24.4 Å². The molecule has 2 aromatic rings. The van der Waals surface area contributed by atoms with Crippen molar-refractivity contribution in [3.05, 3.63) is 35.5 Å². The van der Waals surface area contributed by atoms with E-state index in [9.17, 15) is 4.79 Å². The molecule has 0 aliphatic heterocycles. The number of carbonyl (C=O) groups excluding carboxylic acids is 1. The number of hydrogen-bond acceptors (Lipinski definition) is 2. The molecule has 2 rings (SSSR count). The maximum Gasteiger partial charge on any atom is 0.338 e. The van der Waals surface area contributed by atoms with Crippen molar-refractivity contribution in [3.8, 4) is 11.8 Å². The lowest BCUT2D eigenvalue weighted by atomic mass is 10.1. The number of aromatic nitrogens is 1. The van der Waals surface area contributed by atoms with Crippen LogP contribution in [0, 0.1) is 11.8 Å². The molecule has 1 aromatic carbocycles. The molecule has 18 heavy (non-hydrogen) atoms. The number of carbonyl (C=O) groups is 1. The standard InChI is InChI=1S/C14H12ClNO2/c1-18-14(17)12-8-10(4-2-3-6-15)9-13-11(12)5-7-16-13/h5,7-9,16H,3,6H2,1H3. The first-order valence-electron chi connectivity index (χ1n) is 5.50. The molecular weight excluding hydrogens is 250 g/mol. The van der Waals surface area contributed by atoms with Crippen LogP contribution >= 0.6 is 11.6 Å². The van der Waals surface area contributed by atoms with E-state index in [-0.39, 0.29) is 5.97 Å². The van der Waals surface area contributed by atoms with E-state index in [2.05, 4.69) is 16.8 Å². The van der Waals surface area contributed by atoms with E-state index in [1.165, 1.54) is 7.11 Å². The molecule has 1 N–H and O–H groups in total. The van der Waals surface area contributed by atoms with Gasteiger partial charge in [0.2, 0.25) is 0 Å². The van der Waals surface area contributed by atoms with Gasteiger partial charge in [-0.1, -0.05) is 11.8 Å². The summed E-state index contributed by atoms with van der Waals surface area (Å²) >= 11 is 5.57. The lowest BCUT2D eigenvalue weighted by Gasteiger charge is -2.02. The average Bonchev–Trinajstić information content (AvgIpc) is 2.85. The molecule has 0 amide bonds. The number of H-pyrrole nitrogens is 1. The van der Waals surface area contributed by atoms with Crippen LogP contribution in [0.1, 0.15) is 22.3 Å². The lowest BCUT2D eigenvalue weighted by molar-refractivity contribution is 0.0603. The van der Waals surface area contributed by atoms with Crippen molar-refractivity contribution in [2.45, 2.75) is 6.42 Å². The highest BCUT2D eigenvalue weighted by molar-refractivity contribution is 6.18. The number of aromatic amines is 1. The highest BCUT2D eigenvalue weighted by atomic mass is 35.5. The summed E-state index contributed by atoms with van der Waals surface area (Å²) in [5.41, 5.74) is 2.16. The van der Waals surface area contributed by atoms with E-state index < -0.39 is 0 Å². The lowest BCUT2D eigenvalue weighted by Crippen LogP contribution is -2.02. The van der Waals surface area contributed by atoms with Crippen LogP contribution in [-0.4, -0.2) is 23.9 Å². The number of ether oxygens (including phenoxy) is 1. The smallest absolute Gasteiger partial charge is 0.338 e. The summed E-state index contributed by atoms with van der Waals surface area (Å²) in [5.74, 6) is 6.07. The Morgan fingerprint density at radius 1 is 1.50 bits per heavy atom. The Morgan fingerprint density at radius 2 is 2.33 bits per heavy atom. The number of hydrogen-bond donors (Lipinski definition) is 1. The van der Waals surface area contributed by atoms with E-state index in [0.717, 1.165) is 16.5 Å². The Kier molecular flexibility index (Phi) is 3.91. The number of benzene rings is 1. The monoisotopic (exact) mass is 261 g/mol. The average molecular weight is 262 g/mol. The molecule has 0 atom stereocenters. The summed E-state index contributed by atoms with van der Waals surface area (Å²) in [6.45, 7) is 0. The van der Waals surface area contributed by atoms with Crippen LogP contribution in [0.3, 0.4) is 0 Å². The Bertz CT molecular complexity index is 634. The fourth-order valence-electron chi connectivity index (χ4n) is 1.73. The van der Waals surface area contributed by atoms with Gasteiger partial charge < -0.3 is 9.72 Å². The second kappa shape index (κ2) is 5.61. The summed E-state index contributed by atoms with van der Waals surface area (Å²) < 4.78 is 4.77. The van der Waals surface area contributed by atoms with Gasteiger partial charge in [0.1, 0.15) is 0 Å². The number of nitrogens with one attached hydrogen (secondary N) is 1. The first-order chi connectivity index (χ1) is 8.76. The Balaban J connectivity index is 2.51. The molecule has 1 heterocycles. The van der Waals surface area contributed by atoms with E-state index in [0.29, 0.717) is 17.9 Å². The number of halogens is 1. The fourth-order valence-corrected chi connectivity index (χ4v) is 1.82. The summed E-state index contributed by atoms with van der Waals surface area (Å²) in [6, 6.07) is 5.49. The van der Waals surface area contributed by atoms with Crippen molar-refractivity contribution in [2.24, 2.45) is 0 Å². The fraction of sp³-hybridized carbons (Fsp3) is 0.214. The minimum absolute atomic E-state index is 0.361.